The Balaban J connectivity index is 2.31. The number of fused-ring (bicyclic) bond motifs is 1. The molecule has 3 aromatic rings. The van der Waals surface area contributed by atoms with Gasteiger partial charge in [0.2, 0.25) is 0 Å². The summed E-state index contributed by atoms with van der Waals surface area (Å²) in [5.74, 6) is -1.01. The number of para-hydroxylation sites is 1. The number of aromatic carboxylic acids is 1. The van der Waals surface area contributed by atoms with Crippen LogP contribution in [0.5, 0.6) is 0 Å². The van der Waals surface area contributed by atoms with Crippen LogP contribution >= 0.6 is 23.2 Å². The fraction of sp³-hybridized carbons (Fsp3) is 0. The lowest BCUT2D eigenvalue weighted by Gasteiger charge is -2.02. The molecule has 6 heteroatoms. The van der Waals surface area contributed by atoms with Crippen molar-refractivity contribution in [2.45, 2.75) is 0 Å². The van der Waals surface area contributed by atoms with E-state index in [4.69, 9.17) is 28.3 Å². The first-order valence-corrected chi connectivity index (χ1v) is 6.49. The third-order valence-electron chi connectivity index (χ3n) is 3.01. The number of rotatable bonds is 2. The van der Waals surface area contributed by atoms with Gasteiger partial charge in [-0.1, -0.05) is 35.3 Å². The van der Waals surface area contributed by atoms with Crippen molar-refractivity contribution in [1.82, 2.24) is 10.2 Å². The molecule has 0 unspecified atom stereocenters. The van der Waals surface area contributed by atoms with Crippen LogP contribution in [0.1, 0.15) is 10.4 Å². The number of carboxylic acids is 1. The molecule has 0 spiro atoms. The van der Waals surface area contributed by atoms with Gasteiger partial charge >= 0.3 is 5.97 Å². The van der Waals surface area contributed by atoms with Gasteiger partial charge in [0.1, 0.15) is 5.69 Å². The minimum absolute atomic E-state index is 0.166. The summed E-state index contributed by atoms with van der Waals surface area (Å²) in [4.78, 5) is 11.2. The van der Waals surface area contributed by atoms with Crippen LogP contribution in [0.4, 0.5) is 0 Å². The van der Waals surface area contributed by atoms with Gasteiger partial charge < -0.3 is 5.11 Å². The van der Waals surface area contributed by atoms with Crippen LogP contribution in [0.3, 0.4) is 0 Å². The van der Waals surface area contributed by atoms with Crippen molar-refractivity contribution < 1.29 is 9.90 Å². The minimum atomic E-state index is -1.01. The first-order valence-electron chi connectivity index (χ1n) is 5.73. The van der Waals surface area contributed by atoms with Gasteiger partial charge in [0.25, 0.3) is 0 Å². The molecule has 1 aromatic heterocycles. The summed E-state index contributed by atoms with van der Waals surface area (Å²) < 4.78 is 0. The van der Waals surface area contributed by atoms with Gasteiger partial charge in [-0.25, -0.2) is 4.79 Å². The zero-order chi connectivity index (χ0) is 14.3. The maximum absolute atomic E-state index is 11.2. The van der Waals surface area contributed by atoms with E-state index in [1.807, 2.05) is 0 Å². The Morgan fingerprint density at radius 3 is 2.75 bits per heavy atom. The molecule has 0 atom stereocenters. The summed E-state index contributed by atoms with van der Waals surface area (Å²) >= 11 is 12.1. The van der Waals surface area contributed by atoms with Crippen LogP contribution in [0.15, 0.2) is 36.4 Å². The molecule has 100 valence electrons. The van der Waals surface area contributed by atoms with Gasteiger partial charge in [0.15, 0.2) is 0 Å². The molecule has 0 aliphatic heterocycles. The zero-order valence-electron chi connectivity index (χ0n) is 10.0. The highest BCUT2D eigenvalue weighted by molar-refractivity contribution is 6.35. The number of aromatic nitrogens is 2. The lowest BCUT2D eigenvalue weighted by atomic mass is 10.1. The Morgan fingerprint density at radius 1 is 1.20 bits per heavy atom. The Morgan fingerprint density at radius 2 is 2.00 bits per heavy atom. The topological polar surface area (TPSA) is 66.0 Å². The van der Waals surface area contributed by atoms with Gasteiger partial charge in [-0.15, -0.1) is 0 Å². The molecular weight excluding hydrogens is 299 g/mol. The predicted molar refractivity (Wildman–Crippen MR) is 78.5 cm³/mol. The second-order valence-electron chi connectivity index (χ2n) is 4.23. The van der Waals surface area contributed by atoms with E-state index in [-0.39, 0.29) is 5.56 Å². The number of halogens is 2. The van der Waals surface area contributed by atoms with E-state index in [1.165, 1.54) is 6.07 Å². The summed E-state index contributed by atoms with van der Waals surface area (Å²) in [6.07, 6.45) is 0. The Labute approximate surface area is 123 Å². The van der Waals surface area contributed by atoms with Gasteiger partial charge in [-0.2, -0.15) is 5.10 Å². The highest BCUT2D eigenvalue weighted by Crippen LogP contribution is 2.34. The second-order valence-corrected chi connectivity index (χ2v) is 5.07. The van der Waals surface area contributed by atoms with E-state index in [9.17, 15) is 4.79 Å². The number of hydrogen-bond acceptors (Lipinski definition) is 2. The fourth-order valence-corrected chi connectivity index (χ4v) is 2.48. The molecule has 3 rings (SSSR count). The fourth-order valence-electron chi connectivity index (χ4n) is 2.10. The minimum Gasteiger partial charge on any atom is -0.478 e. The van der Waals surface area contributed by atoms with Crippen LogP contribution in [-0.2, 0) is 0 Å². The average Bonchev–Trinajstić information content (AvgIpc) is 2.85. The van der Waals surface area contributed by atoms with Crippen molar-refractivity contribution in [2.75, 3.05) is 0 Å². The van der Waals surface area contributed by atoms with Gasteiger partial charge in [0.05, 0.1) is 16.1 Å². The second kappa shape index (κ2) is 4.81. The van der Waals surface area contributed by atoms with Crippen LogP contribution in [0.2, 0.25) is 10.0 Å². The molecule has 0 aliphatic carbocycles. The number of nitrogens with one attached hydrogen (secondary N) is 1. The molecule has 1 heterocycles. The van der Waals surface area contributed by atoms with E-state index >= 15 is 0 Å². The molecule has 0 bridgehead atoms. The largest absolute Gasteiger partial charge is 0.478 e. The Kier molecular flexibility index (Phi) is 3.12. The molecule has 0 saturated heterocycles. The van der Waals surface area contributed by atoms with E-state index in [1.54, 1.807) is 30.3 Å². The third-order valence-corrected chi connectivity index (χ3v) is 3.58. The molecule has 0 aliphatic rings. The first-order chi connectivity index (χ1) is 9.58. The molecule has 0 radical (unpaired) electrons. The molecule has 0 saturated carbocycles. The quantitative estimate of drug-likeness (QED) is 0.744. The summed E-state index contributed by atoms with van der Waals surface area (Å²) in [5, 5.41) is 17.8. The number of H-pyrrole nitrogens is 1. The Hall–Kier alpha value is -2.04. The van der Waals surface area contributed by atoms with Crippen molar-refractivity contribution >= 4 is 40.1 Å². The highest BCUT2D eigenvalue weighted by Gasteiger charge is 2.16. The highest BCUT2D eigenvalue weighted by atomic mass is 35.5. The van der Waals surface area contributed by atoms with Crippen molar-refractivity contribution in [3.05, 3.63) is 52.0 Å². The number of benzene rings is 2. The van der Waals surface area contributed by atoms with E-state index in [0.29, 0.717) is 32.2 Å². The SMILES string of the molecule is O=C(O)c1cccc2c(-c3cc(Cl)ccc3Cl)n[nH]c12. The Bertz CT molecular complexity index is 827. The average molecular weight is 307 g/mol. The molecule has 2 aromatic carbocycles. The number of nitrogens with zero attached hydrogens (tertiary/aromatic N) is 1. The van der Waals surface area contributed by atoms with Crippen molar-refractivity contribution in [2.24, 2.45) is 0 Å². The number of aromatic amines is 1. The van der Waals surface area contributed by atoms with Gasteiger partial charge in [0, 0.05) is 16.0 Å². The summed E-state index contributed by atoms with van der Waals surface area (Å²) in [7, 11) is 0. The summed E-state index contributed by atoms with van der Waals surface area (Å²) in [6.45, 7) is 0. The first kappa shape index (κ1) is 13.0. The molecule has 2 N–H and O–H groups in total. The molecule has 20 heavy (non-hydrogen) atoms. The number of carboxylic acid groups (broad SMARTS) is 1. The summed E-state index contributed by atoms with van der Waals surface area (Å²) in [6, 6.07) is 10.0. The normalized spacial score (nSPS) is 10.9. The molecule has 0 fully saturated rings. The van der Waals surface area contributed by atoms with Crippen LogP contribution < -0.4 is 0 Å². The van der Waals surface area contributed by atoms with Crippen molar-refractivity contribution in [1.29, 1.82) is 0 Å². The zero-order valence-corrected chi connectivity index (χ0v) is 11.5. The van der Waals surface area contributed by atoms with Crippen molar-refractivity contribution in [3.8, 4) is 11.3 Å². The van der Waals surface area contributed by atoms with Gasteiger partial charge in [-0.3, -0.25) is 5.10 Å². The van der Waals surface area contributed by atoms with E-state index < -0.39 is 5.97 Å². The van der Waals surface area contributed by atoms with Crippen LogP contribution in [-0.4, -0.2) is 21.3 Å². The maximum atomic E-state index is 11.2. The van der Waals surface area contributed by atoms with E-state index in [0.717, 1.165) is 0 Å². The monoisotopic (exact) mass is 306 g/mol. The number of carbonyl (C=O) groups is 1. The third kappa shape index (κ3) is 2.03. The van der Waals surface area contributed by atoms with Crippen LogP contribution in [0.25, 0.3) is 22.2 Å². The lowest BCUT2D eigenvalue weighted by Crippen LogP contribution is -1.96. The predicted octanol–water partition coefficient (Wildman–Crippen LogP) is 4.23. The smallest absolute Gasteiger partial charge is 0.337 e. The van der Waals surface area contributed by atoms with Crippen LogP contribution in [0, 0.1) is 0 Å². The molecular formula is C14H8Cl2N2O2. The van der Waals surface area contributed by atoms with E-state index in [2.05, 4.69) is 10.2 Å². The standard InChI is InChI=1S/C14H8Cl2N2O2/c15-7-4-5-11(16)10(6-7)13-8-2-1-3-9(14(19)20)12(8)17-18-13/h1-6H,(H,17,18)(H,19,20). The lowest BCUT2D eigenvalue weighted by molar-refractivity contribution is 0.0699. The number of hydrogen-bond donors (Lipinski definition) is 2. The summed E-state index contributed by atoms with van der Waals surface area (Å²) in [5.41, 5.74) is 1.87. The molecule has 4 nitrogen and oxygen atoms in total. The van der Waals surface area contributed by atoms with Gasteiger partial charge in [-0.05, 0) is 24.3 Å². The molecule has 0 amide bonds. The van der Waals surface area contributed by atoms with Crippen molar-refractivity contribution in [3.63, 3.8) is 0 Å². The maximum Gasteiger partial charge on any atom is 0.337 e.